The molecule has 2 aromatic carbocycles. The summed E-state index contributed by atoms with van der Waals surface area (Å²) < 4.78 is 24.6. The first-order chi connectivity index (χ1) is 10.4. The van der Waals surface area contributed by atoms with E-state index in [9.17, 15) is 4.57 Å². The molecule has 1 atom stereocenters. The van der Waals surface area contributed by atoms with Crippen LogP contribution >= 0.6 is 7.60 Å². The van der Waals surface area contributed by atoms with Crippen molar-refractivity contribution in [2.75, 3.05) is 6.61 Å². The van der Waals surface area contributed by atoms with Gasteiger partial charge in [-0.15, -0.1) is 0 Å². The van der Waals surface area contributed by atoms with Crippen LogP contribution in [0.4, 0.5) is 0 Å². The Balaban J connectivity index is 2.17. The van der Waals surface area contributed by atoms with E-state index in [1.807, 2.05) is 69.3 Å². The van der Waals surface area contributed by atoms with Gasteiger partial charge in [-0.25, -0.2) is 4.57 Å². The van der Waals surface area contributed by atoms with Crippen LogP contribution in [0.25, 0.3) is 0 Å². The van der Waals surface area contributed by atoms with Crippen LogP contribution in [-0.4, -0.2) is 6.61 Å². The van der Waals surface area contributed by atoms with Gasteiger partial charge in [-0.3, -0.25) is 4.52 Å². The van der Waals surface area contributed by atoms with E-state index in [1.54, 1.807) is 12.1 Å². The Morgan fingerprint density at radius 1 is 0.909 bits per heavy atom. The van der Waals surface area contributed by atoms with Crippen LogP contribution in [-0.2, 0) is 15.3 Å². The van der Waals surface area contributed by atoms with E-state index in [1.165, 1.54) is 0 Å². The van der Waals surface area contributed by atoms with Crippen LogP contribution in [0, 0.1) is 5.41 Å². The third-order valence-corrected chi connectivity index (χ3v) is 4.66. The minimum absolute atomic E-state index is 0.0770. The highest BCUT2D eigenvalue weighted by molar-refractivity contribution is 7.53. The monoisotopic (exact) mass is 318 g/mol. The molecule has 0 aromatic heterocycles. The maximum absolute atomic E-state index is 13.2. The summed E-state index contributed by atoms with van der Waals surface area (Å²) in [6, 6.07) is 18.8. The van der Waals surface area contributed by atoms with Gasteiger partial charge in [-0.2, -0.15) is 0 Å². The van der Waals surface area contributed by atoms with Crippen molar-refractivity contribution in [3.8, 4) is 5.75 Å². The van der Waals surface area contributed by atoms with E-state index in [0.717, 1.165) is 5.56 Å². The second-order valence-electron chi connectivity index (χ2n) is 6.49. The highest BCUT2D eigenvalue weighted by Crippen LogP contribution is 2.52. The topological polar surface area (TPSA) is 35.5 Å². The molecule has 0 aliphatic carbocycles. The van der Waals surface area contributed by atoms with Gasteiger partial charge < -0.3 is 4.52 Å². The van der Waals surface area contributed by atoms with Gasteiger partial charge in [0.25, 0.3) is 0 Å². The van der Waals surface area contributed by atoms with Gasteiger partial charge in [0, 0.05) is 0 Å². The minimum atomic E-state index is -3.26. The molecule has 2 rings (SSSR count). The highest BCUT2D eigenvalue weighted by atomic mass is 31.2. The third kappa shape index (κ3) is 5.67. The number of hydrogen-bond donors (Lipinski definition) is 0. The van der Waals surface area contributed by atoms with Crippen molar-refractivity contribution in [1.29, 1.82) is 0 Å². The van der Waals surface area contributed by atoms with E-state index in [4.69, 9.17) is 9.05 Å². The molecule has 0 saturated heterocycles. The molecule has 0 fully saturated rings. The molecular formula is C18H23O3P. The van der Waals surface area contributed by atoms with Crippen LogP contribution in [0.15, 0.2) is 60.7 Å². The number of rotatable bonds is 6. The Hall–Kier alpha value is -1.57. The first-order valence-electron chi connectivity index (χ1n) is 7.39. The predicted octanol–water partition coefficient (Wildman–Crippen LogP) is 5.52. The summed E-state index contributed by atoms with van der Waals surface area (Å²) in [5, 5.41) is 0. The lowest BCUT2D eigenvalue weighted by atomic mass is 9.99. The van der Waals surface area contributed by atoms with Gasteiger partial charge in [0.2, 0.25) is 0 Å². The molecule has 0 amide bonds. The average molecular weight is 318 g/mol. The summed E-state index contributed by atoms with van der Waals surface area (Å²) in [6.45, 7) is 6.51. The Kier molecular flexibility index (Phi) is 5.44. The van der Waals surface area contributed by atoms with Crippen molar-refractivity contribution >= 4 is 7.60 Å². The van der Waals surface area contributed by atoms with E-state index >= 15 is 0 Å². The molecule has 22 heavy (non-hydrogen) atoms. The van der Waals surface area contributed by atoms with E-state index in [-0.39, 0.29) is 11.6 Å². The molecule has 0 aliphatic heterocycles. The lowest BCUT2D eigenvalue weighted by molar-refractivity contribution is 0.177. The van der Waals surface area contributed by atoms with Gasteiger partial charge in [-0.05, 0) is 23.1 Å². The molecular weight excluding hydrogens is 295 g/mol. The molecule has 118 valence electrons. The molecule has 2 aromatic rings. The summed E-state index contributed by atoms with van der Waals surface area (Å²) in [6.07, 6.45) is 0.263. The van der Waals surface area contributed by atoms with Crippen molar-refractivity contribution in [3.05, 3.63) is 66.2 Å². The fourth-order valence-corrected chi connectivity index (χ4v) is 3.74. The van der Waals surface area contributed by atoms with Crippen LogP contribution < -0.4 is 4.52 Å². The summed E-state index contributed by atoms with van der Waals surface area (Å²) in [7, 11) is -3.26. The Bertz CT molecular complexity index is 572. The van der Waals surface area contributed by atoms with Gasteiger partial charge in [-0.1, -0.05) is 69.3 Å². The third-order valence-electron chi connectivity index (χ3n) is 2.90. The van der Waals surface area contributed by atoms with E-state index < -0.39 is 7.60 Å². The highest BCUT2D eigenvalue weighted by Gasteiger charge is 2.29. The van der Waals surface area contributed by atoms with Crippen LogP contribution in [0.2, 0.25) is 0 Å². The number of benzene rings is 2. The number of para-hydroxylation sites is 1. The molecule has 3 nitrogen and oxygen atoms in total. The molecule has 0 aliphatic rings. The van der Waals surface area contributed by atoms with Crippen LogP contribution in [0.1, 0.15) is 26.3 Å². The second-order valence-corrected chi connectivity index (χ2v) is 8.47. The SMILES string of the molecule is CC(C)(C)COP(=O)(Cc1ccccc1)Oc1ccccc1. The van der Waals surface area contributed by atoms with Crippen molar-refractivity contribution in [2.45, 2.75) is 26.9 Å². The molecule has 0 heterocycles. The summed E-state index contributed by atoms with van der Waals surface area (Å²) in [5.74, 6) is 0.565. The van der Waals surface area contributed by atoms with Gasteiger partial charge in [0.05, 0.1) is 12.8 Å². The van der Waals surface area contributed by atoms with Crippen molar-refractivity contribution in [1.82, 2.24) is 0 Å². The van der Waals surface area contributed by atoms with Crippen molar-refractivity contribution in [2.24, 2.45) is 5.41 Å². The van der Waals surface area contributed by atoms with Crippen LogP contribution in [0.5, 0.6) is 5.75 Å². The molecule has 1 unspecified atom stereocenters. The normalized spacial score (nSPS) is 14.3. The molecule has 0 bridgehead atoms. The van der Waals surface area contributed by atoms with Crippen LogP contribution in [0.3, 0.4) is 0 Å². The summed E-state index contributed by atoms with van der Waals surface area (Å²) in [5.41, 5.74) is 0.863. The molecule has 0 saturated carbocycles. The molecule has 0 spiro atoms. The fourth-order valence-electron chi connectivity index (χ4n) is 1.85. The van der Waals surface area contributed by atoms with Gasteiger partial charge in [0.1, 0.15) is 5.75 Å². The fraction of sp³-hybridized carbons (Fsp3) is 0.333. The van der Waals surface area contributed by atoms with Crippen molar-refractivity contribution < 1.29 is 13.6 Å². The quantitative estimate of drug-likeness (QED) is 0.658. The first-order valence-corrected chi connectivity index (χ1v) is 9.11. The number of hydrogen-bond acceptors (Lipinski definition) is 3. The van der Waals surface area contributed by atoms with E-state index in [2.05, 4.69) is 0 Å². The largest absolute Gasteiger partial charge is 0.424 e. The Morgan fingerprint density at radius 3 is 2.00 bits per heavy atom. The molecule has 0 radical (unpaired) electrons. The van der Waals surface area contributed by atoms with Gasteiger partial charge in [0.15, 0.2) is 0 Å². The minimum Gasteiger partial charge on any atom is -0.424 e. The Labute approximate surface area is 132 Å². The maximum atomic E-state index is 13.2. The summed E-state index contributed by atoms with van der Waals surface area (Å²) >= 11 is 0. The molecule has 0 N–H and O–H groups in total. The maximum Gasteiger partial charge on any atom is 0.383 e. The summed E-state index contributed by atoms with van der Waals surface area (Å²) in [4.78, 5) is 0. The molecule has 4 heteroatoms. The lowest BCUT2D eigenvalue weighted by Gasteiger charge is -2.24. The smallest absolute Gasteiger partial charge is 0.383 e. The zero-order chi connectivity index (χ0) is 16.1. The standard InChI is InChI=1S/C18H23O3P/c1-18(2,3)15-20-22(19,14-16-10-6-4-7-11-16)21-17-12-8-5-9-13-17/h4-13H,14-15H2,1-3H3. The van der Waals surface area contributed by atoms with Crippen molar-refractivity contribution in [3.63, 3.8) is 0 Å². The Morgan fingerprint density at radius 2 is 1.45 bits per heavy atom. The second kappa shape index (κ2) is 7.13. The zero-order valence-electron chi connectivity index (χ0n) is 13.4. The van der Waals surface area contributed by atoms with Gasteiger partial charge >= 0.3 is 7.60 Å². The first kappa shape index (κ1) is 16.8. The zero-order valence-corrected chi connectivity index (χ0v) is 14.3. The van der Waals surface area contributed by atoms with E-state index in [0.29, 0.717) is 12.4 Å². The predicted molar refractivity (Wildman–Crippen MR) is 90.2 cm³/mol. The average Bonchev–Trinajstić information content (AvgIpc) is 2.47. The lowest BCUT2D eigenvalue weighted by Crippen LogP contribution is -2.15.